The number of rotatable bonds is 6. The Morgan fingerprint density at radius 2 is 1.96 bits per heavy atom. The van der Waals surface area contributed by atoms with Crippen molar-refractivity contribution in [2.75, 3.05) is 20.1 Å². The summed E-state index contributed by atoms with van der Waals surface area (Å²) in [6.45, 7) is 8.29. The third-order valence-corrected chi connectivity index (χ3v) is 4.12. The highest BCUT2D eigenvalue weighted by atomic mass is 16.5. The quantitative estimate of drug-likeness (QED) is 0.677. The third kappa shape index (κ3) is 4.61. The fourth-order valence-electron chi connectivity index (χ4n) is 3.01. The zero-order valence-electron chi connectivity index (χ0n) is 15.5. The number of aryl methyl sites for hydroxylation is 1. The molecule has 1 aliphatic heterocycles. The van der Waals surface area contributed by atoms with Crippen molar-refractivity contribution >= 4 is 5.91 Å². The van der Waals surface area contributed by atoms with Gasteiger partial charge < -0.3 is 14.1 Å². The number of morpholine rings is 1. The van der Waals surface area contributed by atoms with Crippen molar-refractivity contribution in [1.82, 2.24) is 40.2 Å². The molecule has 26 heavy (non-hydrogen) atoms. The van der Waals surface area contributed by atoms with Gasteiger partial charge in [0.2, 0.25) is 17.7 Å². The van der Waals surface area contributed by atoms with Crippen LogP contribution in [0.2, 0.25) is 0 Å². The van der Waals surface area contributed by atoms with Crippen molar-refractivity contribution in [2.45, 2.75) is 52.6 Å². The van der Waals surface area contributed by atoms with Gasteiger partial charge in [-0.05, 0) is 24.3 Å². The molecule has 2 aromatic rings. The van der Waals surface area contributed by atoms with Crippen molar-refractivity contribution in [1.29, 1.82) is 0 Å². The normalized spacial score (nSPS) is 21.1. The van der Waals surface area contributed by atoms with Gasteiger partial charge in [0.1, 0.15) is 6.54 Å². The molecule has 1 fully saturated rings. The van der Waals surface area contributed by atoms with Crippen LogP contribution in [0, 0.1) is 6.92 Å². The molecule has 142 valence electrons. The number of carbonyl (C=O) groups excluding carboxylic acids is 1. The van der Waals surface area contributed by atoms with E-state index in [9.17, 15) is 4.79 Å². The van der Waals surface area contributed by atoms with Crippen molar-refractivity contribution < 1.29 is 13.9 Å². The molecule has 1 aliphatic rings. The molecule has 0 spiro atoms. The summed E-state index contributed by atoms with van der Waals surface area (Å²) in [4.78, 5) is 16.2. The van der Waals surface area contributed by atoms with Crippen LogP contribution in [0.4, 0.5) is 0 Å². The Balaban J connectivity index is 1.58. The molecular formula is C15H24N8O3. The second-order valence-electron chi connectivity index (χ2n) is 6.67. The minimum atomic E-state index is -0.141. The Labute approximate surface area is 151 Å². The monoisotopic (exact) mass is 364 g/mol. The van der Waals surface area contributed by atoms with Crippen LogP contribution < -0.4 is 0 Å². The molecule has 3 heterocycles. The first-order valence-electron chi connectivity index (χ1n) is 8.56. The molecule has 0 unspecified atom stereocenters. The summed E-state index contributed by atoms with van der Waals surface area (Å²) in [5.41, 5.74) is 0. The fourth-order valence-corrected chi connectivity index (χ4v) is 3.01. The topological polar surface area (TPSA) is 115 Å². The maximum absolute atomic E-state index is 12.5. The first-order valence-corrected chi connectivity index (χ1v) is 8.56. The van der Waals surface area contributed by atoms with E-state index in [1.807, 2.05) is 13.8 Å². The predicted molar refractivity (Wildman–Crippen MR) is 88.6 cm³/mol. The predicted octanol–water partition coefficient (Wildman–Crippen LogP) is -0.368. The van der Waals surface area contributed by atoms with Crippen molar-refractivity contribution in [3.63, 3.8) is 0 Å². The van der Waals surface area contributed by atoms with Gasteiger partial charge in [0.05, 0.1) is 25.3 Å². The van der Waals surface area contributed by atoms with Crippen LogP contribution in [0.1, 0.15) is 31.5 Å². The van der Waals surface area contributed by atoms with Crippen LogP contribution in [0.15, 0.2) is 4.42 Å². The van der Waals surface area contributed by atoms with Gasteiger partial charge in [0.25, 0.3) is 0 Å². The van der Waals surface area contributed by atoms with Crippen molar-refractivity contribution in [3.8, 4) is 0 Å². The van der Waals surface area contributed by atoms with E-state index in [-0.39, 0.29) is 31.2 Å². The van der Waals surface area contributed by atoms with Gasteiger partial charge in [-0.2, -0.15) is 0 Å². The number of ether oxygens (including phenoxy) is 1. The smallest absolute Gasteiger partial charge is 0.244 e. The van der Waals surface area contributed by atoms with Gasteiger partial charge in [0, 0.05) is 27.1 Å². The van der Waals surface area contributed by atoms with E-state index in [2.05, 4.69) is 30.6 Å². The zero-order chi connectivity index (χ0) is 18.7. The van der Waals surface area contributed by atoms with E-state index < -0.39 is 0 Å². The van der Waals surface area contributed by atoms with Gasteiger partial charge in [-0.3, -0.25) is 9.69 Å². The molecule has 0 N–H and O–H groups in total. The van der Waals surface area contributed by atoms with Gasteiger partial charge in [-0.15, -0.1) is 15.3 Å². The average Bonchev–Trinajstić information content (AvgIpc) is 3.15. The summed E-state index contributed by atoms with van der Waals surface area (Å²) in [6.07, 6.45) is 0.322. The molecule has 2 atom stereocenters. The number of hydrogen-bond donors (Lipinski definition) is 0. The van der Waals surface area contributed by atoms with Crippen LogP contribution in [0.25, 0.3) is 0 Å². The van der Waals surface area contributed by atoms with Gasteiger partial charge >= 0.3 is 0 Å². The number of likely N-dealkylation sites (N-methyl/N-ethyl adjacent to an activating group) is 1. The second kappa shape index (κ2) is 7.87. The summed E-state index contributed by atoms with van der Waals surface area (Å²) in [5, 5.41) is 19.4. The van der Waals surface area contributed by atoms with Crippen LogP contribution >= 0.6 is 0 Å². The third-order valence-electron chi connectivity index (χ3n) is 4.12. The highest BCUT2D eigenvalue weighted by Gasteiger charge is 2.24. The maximum Gasteiger partial charge on any atom is 0.244 e. The number of amides is 1. The minimum Gasteiger partial charge on any atom is -0.424 e. The molecule has 0 bridgehead atoms. The lowest BCUT2D eigenvalue weighted by Crippen LogP contribution is -2.45. The summed E-state index contributed by atoms with van der Waals surface area (Å²) < 4.78 is 12.6. The summed E-state index contributed by atoms with van der Waals surface area (Å²) in [5.74, 6) is 1.38. The van der Waals surface area contributed by atoms with Crippen LogP contribution in [0.3, 0.4) is 0 Å². The van der Waals surface area contributed by atoms with Gasteiger partial charge in [-0.1, -0.05) is 0 Å². The number of hydrogen-bond acceptors (Lipinski definition) is 9. The summed E-state index contributed by atoms with van der Waals surface area (Å²) >= 11 is 0. The first-order chi connectivity index (χ1) is 12.4. The van der Waals surface area contributed by atoms with Crippen LogP contribution in [0.5, 0.6) is 0 Å². The van der Waals surface area contributed by atoms with Crippen molar-refractivity contribution in [2.24, 2.45) is 0 Å². The molecule has 0 aromatic carbocycles. The molecule has 0 saturated carbocycles. The lowest BCUT2D eigenvalue weighted by Gasteiger charge is -2.34. The molecule has 1 saturated heterocycles. The van der Waals surface area contributed by atoms with E-state index in [0.717, 1.165) is 13.1 Å². The Morgan fingerprint density at radius 1 is 1.23 bits per heavy atom. The summed E-state index contributed by atoms with van der Waals surface area (Å²) in [7, 11) is 1.68. The molecular weight excluding hydrogens is 340 g/mol. The minimum absolute atomic E-state index is 0.0569. The van der Waals surface area contributed by atoms with E-state index in [4.69, 9.17) is 9.15 Å². The van der Waals surface area contributed by atoms with Gasteiger partial charge in [-0.25, -0.2) is 4.68 Å². The Hall–Kier alpha value is -2.40. The van der Waals surface area contributed by atoms with E-state index in [1.165, 1.54) is 9.58 Å². The Kier molecular flexibility index (Phi) is 5.57. The highest BCUT2D eigenvalue weighted by Crippen LogP contribution is 2.13. The number of carbonyl (C=O) groups is 1. The molecule has 1 amide bonds. The lowest BCUT2D eigenvalue weighted by molar-refractivity contribution is -0.131. The second-order valence-corrected chi connectivity index (χ2v) is 6.67. The SMILES string of the molecule is Cc1nnc(CN(C)C(=O)Cn2nnnc2CN2C[C@@H](C)O[C@@H](C)C2)o1. The summed E-state index contributed by atoms with van der Waals surface area (Å²) in [6, 6.07) is 0. The van der Waals surface area contributed by atoms with Crippen LogP contribution in [-0.4, -0.2) is 78.5 Å². The molecule has 0 aliphatic carbocycles. The average molecular weight is 364 g/mol. The Morgan fingerprint density at radius 3 is 2.62 bits per heavy atom. The first kappa shape index (κ1) is 18.4. The van der Waals surface area contributed by atoms with Gasteiger partial charge in [0.15, 0.2) is 5.82 Å². The van der Waals surface area contributed by atoms with Crippen LogP contribution in [-0.2, 0) is 29.2 Å². The number of tetrazole rings is 1. The number of aromatic nitrogens is 6. The number of nitrogens with zero attached hydrogens (tertiary/aromatic N) is 8. The molecule has 11 nitrogen and oxygen atoms in total. The van der Waals surface area contributed by atoms with E-state index >= 15 is 0 Å². The Bertz CT molecular complexity index is 735. The fraction of sp³-hybridized carbons (Fsp3) is 0.733. The molecule has 2 aromatic heterocycles. The molecule has 11 heteroatoms. The molecule has 3 rings (SSSR count). The lowest BCUT2D eigenvalue weighted by atomic mass is 10.2. The van der Waals surface area contributed by atoms with E-state index in [1.54, 1.807) is 14.0 Å². The largest absolute Gasteiger partial charge is 0.424 e. The molecule has 0 radical (unpaired) electrons. The highest BCUT2D eigenvalue weighted by molar-refractivity contribution is 5.75. The maximum atomic E-state index is 12.5. The zero-order valence-corrected chi connectivity index (χ0v) is 15.5. The standard InChI is InChI=1S/C15H24N8O3/c1-10-5-22(6-11(2)25-10)7-13-17-19-20-23(13)9-15(24)21(4)8-14-18-16-12(3)26-14/h10-11H,5-9H2,1-4H3/t10-,11+. The van der Waals surface area contributed by atoms with E-state index in [0.29, 0.717) is 24.2 Å². The van der Waals surface area contributed by atoms with Crippen molar-refractivity contribution in [3.05, 3.63) is 17.6 Å².